The highest BCUT2D eigenvalue weighted by Crippen LogP contribution is 2.33. The largest absolute Gasteiger partial charge is 0.395 e. The molecule has 40 heavy (non-hydrogen) atoms. The van der Waals surface area contributed by atoms with Crippen LogP contribution in [0.25, 0.3) is 0 Å². The lowest BCUT2D eigenvalue weighted by atomic mass is 9.83. The number of ether oxygens (including phenoxy) is 4. The maximum Gasteiger partial charge on any atom is 0.185 e. The summed E-state index contributed by atoms with van der Waals surface area (Å²) in [6, 6.07) is -3.10. The van der Waals surface area contributed by atoms with E-state index >= 15 is 0 Å². The van der Waals surface area contributed by atoms with Crippen LogP contribution in [-0.2, 0) is 18.9 Å². The molecule has 13 atom stereocenters. The molecule has 2 heterocycles. The normalized spacial score (nSPS) is 44.0. The summed E-state index contributed by atoms with van der Waals surface area (Å²) in [5.41, 5.74) is 17.0. The first-order chi connectivity index (χ1) is 18.9. The molecule has 16 heteroatoms. The number of amidine groups is 1. The van der Waals surface area contributed by atoms with Gasteiger partial charge in [0.15, 0.2) is 12.6 Å². The number of likely N-dealkylation sites (N-methyl/N-ethyl adjacent to an activating group) is 1. The molecule has 1 saturated carbocycles. The second kappa shape index (κ2) is 14.9. The maximum atomic E-state index is 13.0. The smallest absolute Gasteiger partial charge is 0.185 e. The molecule has 1 unspecified atom stereocenters. The zero-order valence-electron chi connectivity index (χ0n) is 23.0. The van der Waals surface area contributed by atoms with Gasteiger partial charge in [0.05, 0.1) is 37.4 Å². The number of aliphatic hydroxyl groups excluding tert-OH is 4. The third-order valence-corrected chi connectivity index (χ3v) is 7.67. The third kappa shape index (κ3) is 8.03. The molecular formula is C24H47FN6O9. The Labute approximate surface area is 233 Å². The first-order valence-corrected chi connectivity index (χ1v) is 13.7. The Morgan fingerprint density at radius 2 is 1.85 bits per heavy atom. The average Bonchev–Trinajstić information content (AvgIpc) is 2.91. The van der Waals surface area contributed by atoms with Crippen LogP contribution >= 0.6 is 0 Å². The van der Waals surface area contributed by atoms with Crippen molar-refractivity contribution in [3.63, 3.8) is 0 Å². The number of hydrogen-bond donors (Lipinski definition) is 10. The van der Waals surface area contributed by atoms with E-state index in [1.165, 1.54) is 6.92 Å². The summed E-state index contributed by atoms with van der Waals surface area (Å²) in [5.74, 6) is -0.406. The van der Waals surface area contributed by atoms with E-state index in [2.05, 4.69) is 15.6 Å². The van der Waals surface area contributed by atoms with Gasteiger partial charge < -0.3 is 72.3 Å². The van der Waals surface area contributed by atoms with E-state index in [4.69, 9.17) is 41.3 Å². The zero-order valence-corrected chi connectivity index (χ0v) is 23.0. The lowest BCUT2D eigenvalue weighted by molar-refractivity contribution is -0.306. The number of rotatable bonds is 12. The minimum absolute atomic E-state index is 0.0147. The fourth-order valence-corrected chi connectivity index (χ4v) is 5.42. The fourth-order valence-electron chi connectivity index (χ4n) is 5.42. The van der Waals surface area contributed by atoms with Gasteiger partial charge in [-0.3, -0.25) is 4.99 Å². The van der Waals surface area contributed by atoms with Crippen LogP contribution in [0.2, 0.25) is 0 Å². The highest BCUT2D eigenvalue weighted by molar-refractivity contribution is 5.85. The van der Waals surface area contributed by atoms with E-state index in [1.807, 2.05) is 0 Å². The van der Waals surface area contributed by atoms with Gasteiger partial charge in [0.1, 0.15) is 48.6 Å². The third-order valence-electron chi connectivity index (χ3n) is 7.67. The molecule has 0 aromatic rings. The molecule has 234 valence electrons. The van der Waals surface area contributed by atoms with Gasteiger partial charge >= 0.3 is 0 Å². The predicted molar refractivity (Wildman–Crippen MR) is 141 cm³/mol. The molecule has 3 fully saturated rings. The molecule has 0 aromatic heterocycles. The standard InChI is InChI=1S/C24H47FN6O9/c1-24(36)10-37-23(17(35)20(24)29-2)40-19-14(31-21(28)15(33)8-25)7-13(27)18(16(19)34)39-22-12(26)4-3-11(38-22)9-30-5-6-32/h11-20,22-23,29-30,32-36H,3-10,26-27H2,1-2H3,(H2,28,31)/t11-,12+,13-,14+,15?,16-,17+,18+,19-,20+,22+,23+,24-/m0/s1. The zero-order chi connectivity index (χ0) is 29.6. The van der Waals surface area contributed by atoms with Gasteiger partial charge in [0, 0.05) is 19.1 Å². The van der Waals surface area contributed by atoms with Crippen molar-refractivity contribution in [2.75, 3.05) is 40.0 Å². The Morgan fingerprint density at radius 1 is 1.15 bits per heavy atom. The Bertz CT molecular complexity index is 817. The number of nitrogens with two attached hydrogens (primary N) is 3. The van der Waals surface area contributed by atoms with Gasteiger partial charge in [-0.05, 0) is 33.2 Å². The van der Waals surface area contributed by atoms with Gasteiger partial charge in [-0.15, -0.1) is 0 Å². The predicted octanol–water partition coefficient (Wildman–Crippen LogP) is -4.62. The first-order valence-electron chi connectivity index (χ1n) is 13.7. The quantitative estimate of drug-likeness (QED) is 0.0590. The van der Waals surface area contributed by atoms with E-state index in [0.29, 0.717) is 25.9 Å². The maximum absolute atomic E-state index is 13.0. The van der Waals surface area contributed by atoms with Crippen molar-refractivity contribution >= 4 is 5.84 Å². The van der Waals surface area contributed by atoms with Crippen LogP contribution in [0.3, 0.4) is 0 Å². The second-order valence-electron chi connectivity index (χ2n) is 11.0. The summed E-state index contributed by atoms with van der Waals surface area (Å²) in [6.45, 7) is 1.01. The second-order valence-corrected chi connectivity index (χ2v) is 11.0. The monoisotopic (exact) mass is 582 g/mol. The van der Waals surface area contributed by atoms with Crippen molar-refractivity contribution in [3.05, 3.63) is 0 Å². The number of alkyl halides is 1. The van der Waals surface area contributed by atoms with Crippen molar-refractivity contribution < 1.29 is 48.9 Å². The SMILES string of the molecule is CN[C@@H]1[C@@H](O)[C@@H](O[C@@H]2[C@@H](O)[C@H](O[C@H]3O[C@H](CNCCO)CC[C@H]3N)[C@@H](N)C[C@H]2N=C(N)C(O)CF)OC[C@]1(C)O. The first kappa shape index (κ1) is 33.4. The molecule has 1 aliphatic carbocycles. The highest BCUT2D eigenvalue weighted by atomic mass is 19.1. The van der Waals surface area contributed by atoms with E-state index in [-0.39, 0.29) is 25.7 Å². The lowest BCUT2D eigenvalue weighted by Gasteiger charge is -2.48. The summed E-state index contributed by atoms with van der Waals surface area (Å²) in [6.07, 6.45) is -7.87. The summed E-state index contributed by atoms with van der Waals surface area (Å²) in [5, 5.41) is 57.7. The van der Waals surface area contributed by atoms with E-state index in [1.54, 1.807) is 7.05 Å². The Hall–Kier alpha value is -1.12. The summed E-state index contributed by atoms with van der Waals surface area (Å²) < 4.78 is 36.8. The van der Waals surface area contributed by atoms with Crippen molar-refractivity contribution in [2.45, 2.75) is 105 Å². The molecular weight excluding hydrogens is 535 g/mol. The number of aliphatic imine (C=N–C) groups is 1. The molecule has 0 aromatic carbocycles. The van der Waals surface area contributed by atoms with Crippen LogP contribution in [0.1, 0.15) is 26.2 Å². The Morgan fingerprint density at radius 3 is 2.50 bits per heavy atom. The Kier molecular flexibility index (Phi) is 12.4. The molecule has 0 amide bonds. The fraction of sp³-hybridized carbons (Fsp3) is 0.958. The van der Waals surface area contributed by atoms with Gasteiger partial charge in [-0.1, -0.05) is 0 Å². The van der Waals surface area contributed by atoms with Crippen LogP contribution in [0.4, 0.5) is 4.39 Å². The van der Waals surface area contributed by atoms with Crippen LogP contribution in [0.5, 0.6) is 0 Å². The molecule has 2 aliphatic heterocycles. The van der Waals surface area contributed by atoms with Crippen molar-refractivity contribution in [2.24, 2.45) is 22.2 Å². The van der Waals surface area contributed by atoms with Crippen LogP contribution < -0.4 is 27.8 Å². The molecule has 0 bridgehead atoms. The minimum Gasteiger partial charge on any atom is -0.395 e. The number of aliphatic hydroxyl groups is 5. The van der Waals surface area contributed by atoms with Crippen LogP contribution in [-0.4, -0.2) is 150 Å². The van der Waals surface area contributed by atoms with Crippen molar-refractivity contribution in [1.29, 1.82) is 0 Å². The van der Waals surface area contributed by atoms with Crippen LogP contribution in [0, 0.1) is 0 Å². The number of nitrogens with zero attached hydrogens (tertiary/aromatic N) is 1. The molecule has 0 spiro atoms. The van der Waals surface area contributed by atoms with Gasteiger partial charge in [0.25, 0.3) is 0 Å². The number of halogens is 1. The van der Waals surface area contributed by atoms with Gasteiger partial charge in [0.2, 0.25) is 0 Å². The molecule has 3 aliphatic rings. The molecule has 0 radical (unpaired) electrons. The topological polar surface area (TPSA) is 253 Å². The highest BCUT2D eigenvalue weighted by Gasteiger charge is 2.51. The number of nitrogens with one attached hydrogen (secondary N) is 2. The van der Waals surface area contributed by atoms with Crippen molar-refractivity contribution in [1.82, 2.24) is 10.6 Å². The van der Waals surface area contributed by atoms with E-state index in [0.717, 1.165) is 0 Å². The van der Waals surface area contributed by atoms with Gasteiger partial charge in [-0.25, -0.2) is 4.39 Å². The van der Waals surface area contributed by atoms with E-state index < -0.39 is 85.4 Å². The van der Waals surface area contributed by atoms with Crippen LogP contribution in [0.15, 0.2) is 4.99 Å². The van der Waals surface area contributed by atoms with Gasteiger partial charge in [-0.2, -0.15) is 0 Å². The average molecular weight is 583 g/mol. The molecule has 13 N–H and O–H groups in total. The summed E-state index contributed by atoms with van der Waals surface area (Å²) in [4.78, 5) is 4.19. The molecule has 15 nitrogen and oxygen atoms in total. The molecule has 2 saturated heterocycles. The number of hydrogen-bond acceptors (Lipinski definition) is 14. The molecule has 3 rings (SSSR count). The Balaban J connectivity index is 1.81. The van der Waals surface area contributed by atoms with E-state index in [9.17, 15) is 24.8 Å². The summed E-state index contributed by atoms with van der Waals surface area (Å²) >= 11 is 0. The minimum atomic E-state index is -1.66. The lowest BCUT2D eigenvalue weighted by Crippen LogP contribution is -2.67. The summed E-state index contributed by atoms with van der Waals surface area (Å²) in [7, 11) is 1.56. The van der Waals surface area contributed by atoms with Crippen molar-refractivity contribution in [3.8, 4) is 0 Å².